The Morgan fingerprint density at radius 2 is 2.19 bits per heavy atom. The quantitative estimate of drug-likeness (QED) is 0.776. The van der Waals surface area contributed by atoms with Gasteiger partial charge in [0.25, 0.3) is 0 Å². The van der Waals surface area contributed by atoms with Crippen molar-refractivity contribution in [2.24, 2.45) is 0 Å². The van der Waals surface area contributed by atoms with Crippen LogP contribution in [-0.2, 0) is 16.6 Å². The highest BCUT2D eigenvalue weighted by molar-refractivity contribution is 8.06. The number of hydrogen-bond acceptors (Lipinski definition) is 6. The summed E-state index contributed by atoms with van der Waals surface area (Å²) in [5, 5.41) is 5.50. The highest BCUT2D eigenvalue weighted by Gasteiger charge is 2.22. The van der Waals surface area contributed by atoms with Crippen molar-refractivity contribution >= 4 is 44.9 Å². The Balaban J connectivity index is 1.96. The third-order valence-electron chi connectivity index (χ3n) is 3.05. The molecule has 0 spiro atoms. The van der Waals surface area contributed by atoms with Crippen molar-refractivity contribution < 1.29 is 8.42 Å². The molecule has 2 N–H and O–H groups in total. The van der Waals surface area contributed by atoms with E-state index in [1.165, 1.54) is 17.1 Å². The zero-order valence-electron chi connectivity index (χ0n) is 12.3. The Morgan fingerprint density at radius 1 is 1.38 bits per heavy atom. The first-order valence-electron chi connectivity index (χ1n) is 6.98. The van der Waals surface area contributed by atoms with Gasteiger partial charge in [-0.05, 0) is 11.4 Å². The maximum absolute atomic E-state index is 12.5. The molecule has 21 heavy (non-hydrogen) atoms. The van der Waals surface area contributed by atoms with Crippen LogP contribution in [0.3, 0.4) is 0 Å². The first-order valence-corrected chi connectivity index (χ1v) is 11.5. The van der Waals surface area contributed by atoms with Crippen molar-refractivity contribution in [1.82, 2.24) is 10.0 Å². The molecule has 2 rings (SSSR count). The van der Waals surface area contributed by atoms with Gasteiger partial charge in [-0.1, -0.05) is 13.8 Å². The Kier molecular flexibility index (Phi) is 6.89. The number of hydrogen-bond donors (Lipinski definition) is 2. The fourth-order valence-electron chi connectivity index (χ4n) is 1.93. The minimum Gasteiger partial charge on any atom is -0.310 e. The van der Waals surface area contributed by atoms with Gasteiger partial charge in [0.1, 0.15) is 0 Å². The third kappa shape index (κ3) is 5.44. The van der Waals surface area contributed by atoms with Crippen LogP contribution in [0.4, 0.5) is 0 Å². The van der Waals surface area contributed by atoms with Gasteiger partial charge in [-0.25, -0.2) is 13.1 Å². The van der Waals surface area contributed by atoms with E-state index >= 15 is 0 Å². The Bertz CT molecular complexity index is 536. The van der Waals surface area contributed by atoms with E-state index in [1.54, 1.807) is 6.07 Å². The van der Waals surface area contributed by atoms with Crippen LogP contribution in [0.25, 0.3) is 0 Å². The van der Waals surface area contributed by atoms with E-state index in [4.69, 9.17) is 0 Å². The van der Waals surface area contributed by atoms with Gasteiger partial charge in [-0.3, -0.25) is 0 Å². The van der Waals surface area contributed by atoms with E-state index in [0.717, 1.165) is 16.4 Å². The molecule has 0 radical (unpaired) electrons. The standard InChI is InChI=1S/C13H22N2O2S4/c1-10(2)14-8-12-13(3-4-20-12)21(16,17)15-7-11-9-18-5-6-19-11/h3-4,10-11,14-15H,5-9H2,1-2H3. The van der Waals surface area contributed by atoms with Crippen LogP contribution in [0.5, 0.6) is 0 Å². The second kappa shape index (κ2) is 8.21. The molecule has 0 bridgehead atoms. The van der Waals surface area contributed by atoms with Crippen molar-refractivity contribution in [2.45, 2.75) is 36.6 Å². The van der Waals surface area contributed by atoms with Crippen LogP contribution in [0.1, 0.15) is 18.7 Å². The summed E-state index contributed by atoms with van der Waals surface area (Å²) in [4.78, 5) is 1.30. The summed E-state index contributed by atoms with van der Waals surface area (Å²) in [5.41, 5.74) is 0. The number of thiophene rings is 1. The predicted molar refractivity (Wildman–Crippen MR) is 95.1 cm³/mol. The average Bonchev–Trinajstić information content (AvgIpc) is 2.93. The molecule has 1 fully saturated rings. The molecule has 1 aliphatic heterocycles. The van der Waals surface area contributed by atoms with Gasteiger partial charge in [-0.2, -0.15) is 23.5 Å². The molecule has 8 heteroatoms. The smallest absolute Gasteiger partial charge is 0.241 e. The zero-order valence-corrected chi connectivity index (χ0v) is 15.6. The topological polar surface area (TPSA) is 58.2 Å². The van der Waals surface area contributed by atoms with Crippen LogP contribution >= 0.6 is 34.9 Å². The minimum atomic E-state index is -3.40. The van der Waals surface area contributed by atoms with E-state index < -0.39 is 10.0 Å². The fraction of sp³-hybridized carbons (Fsp3) is 0.692. The summed E-state index contributed by atoms with van der Waals surface area (Å²) in [7, 11) is -3.40. The highest BCUT2D eigenvalue weighted by atomic mass is 32.2. The van der Waals surface area contributed by atoms with Gasteiger partial charge < -0.3 is 5.32 Å². The van der Waals surface area contributed by atoms with Gasteiger partial charge in [0.05, 0.1) is 4.90 Å². The number of rotatable bonds is 7. The Morgan fingerprint density at radius 3 is 2.86 bits per heavy atom. The molecule has 1 aromatic heterocycles. The van der Waals surface area contributed by atoms with Gasteiger partial charge in [0.2, 0.25) is 10.0 Å². The van der Waals surface area contributed by atoms with Crippen molar-refractivity contribution in [3.05, 3.63) is 16.3 Å². The lowest BCUT2D eigenvalue weighted by Gasteiger charge is -2.21. The molecular weight excluding hydrogens is 344 g/mol. The molecule has 0 aliphatic carbocycles. The van der Waals surface area contributed by atoms with Crippen molar-refractivity contribution in [2.75, 3.05) is 23.8 Å². The fourth-order valence-corrected chi connectivity index (χ4v) is 7.12. The maximum atomic E-state index is 12.5. The van der Waals surface area contributed by atoms with Crippen LogP contribution in [0.15, 0.2) is 16.3 Å². The summed E-state index contributed by atoms with van der Waals surface area (Å²) >= 11 is 5.25. The monoisotopic (exact) mass is 366 g/mol. The Hall–Kier alpha value is 0.270. The molecule has 0 saturated carbocycles. The van der Waals surface area contributed by atoms with Crippen molar-refractivity contribution in [3.63, 3.8) is 0 Å². The molecule has 1 aromatic rings. The zero-order chi connectivity index (χ0) is 15.3. The molecule has 1 saturated heterocycles. The molecule has 1 atom stereocenters. The van der Waals surface area contributed by atoms with Crippen LogP contribution in [0.2, 0.25) is 0 Å². The second-order valence-corrected chi connectivity index (χ2v) is 10.5. The van der Waals surface area contributed by atoms with E-state index in [1.807, 2.05) is 28.9 Å². The lowest BCUT2D eigenvalue weighted by atomic mass is 10.4. The van der Waals surface area contributed by atoms with E-state index in [0.29, 0.717) is 29.3 Å². The van der Waals surface area contributed by atoms with E-state index in [9.17, 15) is 8.42 Å². The van der Waals surface area contributed by atoms with Crippen LogP contribution in [-0.4, -0.2) is 43.5 Å². The minimum absolute atomic E-state index is 0.339. The largest absolute Gasteiger partial charge is 0.310 e. The summed E-state index contributed by atoms with van der Waals surface area (Å²) < 4.78 is 27.7. The normalized spacial score (nSPS) is 20.0. The molecule has 0 aromatic carbocycles. The summed E-state index contributed by atoms with van der Waals surface area (Å²) in [5.74, 6) is 3.31. The van der Waals surface area contributed by atoms with Gasteiger partial charge in [0.15, 0.2) is 0 Å². The molecule has 1 aliphatic rings. The number of nitrogens with one attached hydrogen (secondary N) is 2. The number of sulfonamides is 1. The molecule has 4 nitrogen and oxygen atoms in total. The first kappa shape index (κ1) is 17.6. The molecule has 1 unspecified atom stereocenters. The summed E-state index contributed by atoms with van der Waals surface area (Å²) in [6.07, 6.45) is 0. The van der Waals surface area contributed by atoms with Crippen LogP contribution < -0.4 is 10.0 Å². The number of thioether (sulfide) groups is 2. The third-order valence-corrected chi connectivity index (χ3v) is 8.45. The maximum Gasteiger partial charge on any atom is 0.241 e. The predicted octanol–water partition coefficient (Wildman–Crippen LogP) is 2.37. The van der Waals surface area contributed by atoms with Gasteiger partial charge >= 0.3 is 0 Å². The van der Waals surface area contributed by atoms with Crippen molar-refractivity contribution in [1.29, 1.82) is 0 Å². The average molecular weight is 367 g/mol. The molecule has 120 valence electrons. The molecular formula is C13H22N2O2S4. The summed E-state index contributed by atoms with van der Waals surface area (Å²) in [6.45, 7) is 5.22. The summed E-state index contributed by atoms with van der Waals surface area (Å²) in [6, 6.07) is 2.04. The lowest BCUT2D eigenvalue weighted by Crippen LogP contribution is -2.34. The first-order chi connectivity index (χ1) is 9.99. The van der Waals surface area contributed by atoms with Crippen molar-refractivity contribution in [3.8, 4) is 0 Å². The van der Waals surface area contributed by atoms with Gasteiger partial charge in [0, 0.05) is 46.5 Å². The molecule has 0 amide bonds. The SMILES string of the molecule is CC(C)NCc1sccc1S(=O)(=O)NCC1CSCCS1. The molecule has 2 heterocycles. The second-order valence-electron chi connectivity index (χ2n) is 5.16. The van der Waals surface area contributed by atoms with Gasteiger partial charge in [-0.15, -0.1) is 11.3 Å². The lowest BCUT2D eigenvalue weighted by molar-refractivity contribution is 0.571. The van der Waals surface area contributed by atoms with E-state index in [2.05, 4.69) is 23.9 Å². The van der Waals surface area contributed by atoms with Crippen LogP contribution in [0, 0.1) is 0 Å². The van der Waals surface area contributed by atoms with E-state index in [-0.39, 0.29) is 0 Å². The Labute approximate surface area is 139 Å². The highest BCUT2D eigenvalue weighted by Crippen LogP contribution is 2.25.